The van der Waals surface area contributed by atoms with Crippen molar-refractivity contribution >= 4 is 22.8 Å². The van der Waals surface area contributed by atoms with Crippen LogP contribution in [-0.2, 0) is 14.3 Å². The van der Waals surface area contributed by atoms with Gasteiger partial charge >= 0.3 is 11.9 Å². The van der Waals surface area contributed by atoms with Gasteiger partial charge in [-0.3, -0.25) is 9.78 Å². The number of hydrogen-bond donors (Lipinski definition) is 0. The van der Waals surface area contributed by atoms with Gasteiger partial charge in [0.2, 0.25) is 0 Å². The molecule has 1 aromatic carbocycles. The molecule has 3 heterocycles. The number of carbonyl (C=O) groups is 2. The van der Waals surface area contributed by atoms with E-state index in [-0.39, 0.29) is 12.6 Å². The Hall–Kier alpha value is -2.47. The van der Waals surface area contributed by atoms with Crippen molar-refractivity contribution in [3.63, 3.8) is 0 Å². The summed E-state index contributed by atoms with van der Waals surface area (Å²) < 4.78 is 4.99. The SMILES string of the molecule is CCOC(=O)C(=O)N1C[C@@H](C)CC[C@@H]1c1ccc2ccc(C3CCN(C)CC3)nc2c1. The fourth-order valence-corrected chi connectivity index (χ4v) is 4.92. The number of benzene rings is 1. The number of aromatic nitrogens is 1. The molecule has 2 atom stereocenters. The zero-order valence-electron chi connectivity index (χ0n) is 18.8. The van der Waals surface area contributed by atoms with Crippen molar-refractivity contribution < 1.29 is 14.3 Å². The molecular formula is C25H33N3O3. The Bertz CT molecular complexity index is 952. The molecule has 31 heavy (non-hydrogen) atoms. The van der Waals surface area contributed by atoms with Crippen LogP contribution >= 0.6 is 0 Å². The summed E-state index contributed by atoms with van der Waals surface area (Å²) in [5, 5.41) is 1.10. The number of fused-ring (bicyclic) bond motifs is 1. The summed E-state index contributed by atoms with van der Waals surface area (Å²) in [6.07, 6.45) is 4.14. The quantitative estimate of drug-likeness (QED) is 0.553. The van der Waals surface area contributed by atoms with Gasteiger partial charge in [-0.1, -0.05) is 25.1 Å². The van der Waals surface area contributed by atoms with Crippen LogP contribution in [0.15, 0.2) is 30.3 Å². The molecule has 1 aromatic heterocycles. The first-order valence-corrected chi connectivity index (χ1v) is 11.5. The van der Waals surface area contributed by atoms with Gasteiger partial charge in [-0.05, 0) is 76.4 Å². The molecule has 0 saturated carbocycles. The van der Waals surface area contributed by atoms with E-state index in [9.17, 15) is 9.59 Å². The van der Waals surface area contributed by atoms with Crippen LogP contribution in [0.1, 0.15) is 62.7 Å². The molecule has 2 fully saturated rings. The highest BCUT2D eigenvalue weighted by Gasteiger charge is 2.35. The average molecular weight is 424 g/mol. The predicted molar refractivity (Wildman–Crippen MR) is 121 cm³/mol. The number of nitrogens with zero attached hydrogens (tertiary/aromatic N) is 3. The van der Waals surface area contributed by atoms with Crippen LogP contribution in [0.5, 0.6) is 0 Å². The Balaban J connectivity index is 1.62. The number of likely N-dealkylation sites (tertiary alicyclic amines) is 2. The first kappa shape index (κ1) is 21.8. The lowest BCUT2D eigenvalue weighted by molar-refractivity contribution is -0.162. The van der Waals surface area contributed by atoms with Gasteiger partial charge in [-0.25, -0.2) is 4.79 Å². The molecule has 2 aromatic rings. The topological polar surface area (TPSA) is 62.7 Å². The molecule has 0 unspecified atom stereocenters. The molecule has 166 valence electrons. The van der Waals surface area contributed by atoms with E-state index in [4.69, 9.17) is 9.72 Å². The molecule has 2 aliphatic rings. The first-order chi connectivity index (χ1) is 15.0. The smallest absolute Gasteiger partial charge is 0.397 e. The van der Waals surface area contributed by atoms with Crippen LogP contribution in [-0.4, -0.2) is 59.9 Å². The molecule has 0 spiro atoms. The molecule has 1 amide bonds. The molecule has 0 bridgehead atoms. The monoisotopic (exact) mass is 423 g/mol. The van der Waals surface area contributed by atoms with Gasteiger partial charge < -0.3 is 14.5 Å². The number of carbonyl (C=O) groups excluding carboxylic acids is 2. The molecular weight excluding hydrogens is 390 g/mol. The molecule has 2 aliphatic heterocycles. The minimum Gasteiger partial charge on any atom is -0.459 e. The number of rotatable bonds is 3. The molecule has 0 radical (unpaired) electrons. The fourth-order valence-electron chi connectivity index (χ4n) is 4.92. The highest BCUT2D eigenvalue weighted by Crippen LogP contribution is 2.35. The lowest BCUT2D eigenvalue weighted by atomic mass is 9.89. The van der Waals surface area contributed by atoms with Crippen LogP contribution in [0.25, 0.3) is 10.9 Å². The van der Waals surface area contributed by atoms with Crippen molar-refractivity contribution in [3.8, 4) is 0 Å². The van der Waals surface area contributed by atoms with Crippen molar-refractivity contribution in [2.75, 3.05) is 33.3 Å². The van der Waals surface area contributed by atoms with Gasteiger partial charge in [0.25, 0.3) is 0 Å². The minimum atomic E-state index is -0.759. The Kier molecular flexibility index (Phi) is 6.56. The van der Waals surface area contributed by atoms with E-state index < -0.39 is 11.9 Å². The zero-order chi connectivity index (χ0) is 22.0. The van der Waals surface area contributed by atoms with Gasteiger partial charge in [-0.2, -0.15) is 0 Å². The van der Waals surface area contributed by atoms with Crippen LogP contribution in [0.4, 0.5) is 0 Å². The van der Waals surface area contributed by atoms with Crippen molar-refractivity contribution in [2.45, 2.75) is 51.5 Å². The molecule has 0 aliphatic carbocycles. The normalized spacial score (nSPS) is 23.1. The Morgan fingerprint density at radius 2 is 1.84 bits per heavy atom. The van der Waals surface area contributed by atoms with E-state index in [1.807, 2.05) is 0 Å². The Labute approximate surface area is 184 Å². The minimum absolute atomic E-state index is 0.119. The molecule has 6 nitrogen and oxygen atoms in total. The van der Waals surface area contributed by atoms with Crippen molar-refractivity contribution in [2.24, 2.45) is 5.92 Å². The fraction of sp³-hybridized carbons (Fsp3) is 0.560. The predicted octanol–water partition coefficient (Wildman–Crippen LogP) is 3.91. The summed E-state index contributed by atoms with van der Waals surface area (Å²) in [6, 6.07) is 10.5. The van der Waals surface area contributed by atoms with Gasteiger partial charge in [0, 0.05) is 23.5 Å². The van der Waals surface area contributed by atoms with Crippen molar-refractivity contribution in [1.82, 2.24) is 14.8 Å². The summed E-state index contributed by atoms with van der Waals surface area (Å²) in [6.45, 7) is 6.84. The third kappa shape index (κ3) is 4.74. The van der Waals surface area contributed by atoms with E-state index in [0.29, 0.717) is 18.4 Å². The maximum absolute atomic E-state index is 12.8. The van der Waals surface area contributed by atoms with E-state index in [1.54, 1.807) is 11.8 Å². The Morgan fingerprint density at radius 3 is 2.58 bits per heavy atom. The second-order valence-electron chi connectivity index (χ2n) is 9.14. The van der Waals surface area contributed by atoms with E-state index in [0.717, 1.165) is 60.9 Å². The lowest BCUT2D eigenvalue weighted by Gasteiger charge is -2.38. The van der Waals surface area contributed by atoms with Crippen LogP contribution in [0, 0.1) is 5.92 Å². The lowest BCUT2D eigenvalue weighted by Crippen LogP contribution is -2.45. The van der Waals surface area contributed by atoms with Crippen LogP contribution in [0.2, 0.25) is 0 Å². The molecule has 6 heteroatoms. The molecule has 0 N–H and O–H groups in total. The summed E-state index contributed by atoms with van der Waals surface area (Å²) in [5.74, 6) is -0.428. The maximum atomic E-state index is 12.8. The number of esters is 1. The second kappa shape index (κ2) is 9.35. The largest absolute Gasteiger partial charge is 0.459 e. The number of ether oxygens (including phenoxy) is 1. The number of pyridine rings is 1. The van der Waals surface area contributed by atoms with Gasteiger partial charge in [0.05, 0.1) is 18.2 Å². The third-order valence-corrected chi connectivity index (χ3v) is 6.79. The molecule has 2 saturated heterocycles. The first-order valence-electron chi connectivity index (χ1n) is 11.5. The summed E-state index contributed by atoms with van der Waals surface area (Å²) in [5.41, 5.74) is 3.18. The van der Waals surface area contributed by atoms with Crippen LogP contribution in [0.3, 0.4) is 0 Å². The van der Waals surface area contributed by atoms with E-state index in [1.165, 1.54) is 0 Å². The summed E-state index contributed by atoms with van der Waals surface area (Å²) >= 11 is 0. The third-order valence-electron chi connectivity index (χ3n) is 6.79. The summed E-state index contributed by atoms with van der Waals surface area (Å²) in [7, 11) is 2.17. The van der Waals surface area contributed by atoms with Gasteiger partial charge in [-0.15, -0.1) is 0 Å². The highest BCUT2D eigenvalue weighted by atomic mass is 16.5. The number of piperidine rings is 2. The highest BCUT2D eigenvalue weighted by molar-refractivity contribution is 6.32. The van der Waals surface area contributed by atoms with E-state index in [2.05, 4.69) is 49.2 Å². The maximum Gasteiger partial charge on any atom is 0.397 e. The van der Waals surface area contributed by atoms with Crippen LogP contribution < -0.4 is 0 Å². The average Bonchev–Trinajstić information content (AvgIpc) is 2.78. The standard InChI is InChI=1S/C25H33N3O3/c1-4-31-25(30)24(29)28-16-17(2)5-10-23(28)20-7-6-18-8-9-21(26-22(18)15-20)19-11-13-27(3)14-12-19/h6-9,15,17,19,23H,4-5,10-14,16H2,1-3H3/t17-,23+/m0/s1. The van der Waals surface area contributed by atoms with Gasteiger partial charge in [0.15, 0.2) is 0 Å². The molecule has 4 rings (SSSR count). The van der Waals surface area contributed by atoms with Gasteiger partial charge in [0.1, 0.15) is 0 Å². The van der Waals surface area contributed by atoms with E-state index >= 15 is 0 Å². The zero-order valence-corrected chi connectivity index (χ0v) is 18.8. The number of amides is 1. The Morgan fingerprint density at radius 1 is 1.10 bits per heavy atom. The summed E-state index contributed by atoms with van der Waals surface area (Å²) in [4.78, 5) is 34.0. The van der Waals surface area contributed by atoms with Crippen molar-refractivity contribution in [3.05, 3.63) is 41.6 Å². The number of hydrogen-bond acceptors (Lipinski definition) is 5. The second-order valence-corrected chi connectivity index (χ2v) is 9.14. The van der Waals surface area contributed by atoms with Crippen molar-refractivity contribution in [1.29, 1.82) is 0 Å².